The van der Waals surface area contributed by atoms with Crippen LogP contribution in [-0.4, -0.2) is 30.8 Å². The molecule has 5 nitrogen and oxygen atoms in total. The average molecular weight is 446 g/mol. The molecule has 0 saturated carbocycles. The number of methoxy groups -OCH3 is 2. The Balaban J connectivity index is 1.79. The summed E-state index contributed by atoms with van der Waals surface area (Å²) in [6.45, 7) is 0. The smallest absolute Gasteiger partial charge is 0.181 e. The Labute approximate surface area is 182 Å². The average Bonchev–Trinajstić information content (AvgIpc) is 2.78. The van der Waals surface area contributed by atoms with Gasteiger partial charge in [0.2, 0.25) is 0 Å². The van der Waals surface area contributed by atoms with Crippen LogP contribution in [0.15, 0.2) is 48.5 Å². The van der Waals surface area contributed by atoms with Crippen molar-refractivity contribution in [3.05, 3.63) is 76.4 Å². The van der Waals surface area contributed by atoms with Crippen molar-refractivity contribution in [2.75, 3.05) is 14.2 Å². The van der Waals surface area contributed by atoms with Gasteiger partial charge in [0.25, 0.3) is 0 Å². The highest BCUT2D eigenvalue weighted by atomic mass is 35.5. The Morgan fingerprint density at radius 3 is 2.23 bits per heavy atom. The van der Waals surface area contributed by atoms with E-state index in [1.54, 1.807) is 6.07 Å². The molecule has 1 aromatic heterocycles. The van der Waals surface area contributed by atoms with E-state index in [-0.39, 0.29) is 46.4 Å². The summed E-state index contributed by atoms with van der Waals surface area (Å²) in [4.78, 5) is 29.4. The summed E-state index contributed by atoms with van der Waals surface area (Å²) < 4.78 is 37.2. The van der Waals surface area contributed by atoms with Crippen LogP contribution in [0.2, 0.25) is 5.02 Å². The first-order valence-electron chi connectivity index (χ1n) is 9.24. The molecule has 3 rings (SSSR count). The minimum absolute atomic E-state index is 0.0448. The predicted molar refractivity (Wildman–Crippen MR) is 112 cm³/mol. The molecule has 0 unspecified atom stereocenters. The molecule has 0 atom stereocenters. The van der Waals surface area contributed by atoms with Crippen LogP contribution in [0.25, 0.3) is 11.3 Å². The van der Waals surface area contributed by atoms with E-state index in [0.717, 1.165) is 6.07 Å². The number of carbonyl (C=O) groups excluding carboxylic acids is 2. The van der Waals surface area contributed by atoms with Gasteiger partial charge in [-0.2, -0.15) is 0 Å². The van der Waals surface area contributed by atoms with Crippen LogP contribution in [0.1, 0.15) is 33.7 Å². The molecule has 0 N–H and O–H groups in total. The van der Waals surface area contributed by atoms with E-state index in [1.165, 1.54) is 50.6 Å². The first-order chi connectivity index (χ1) is 14.8. The largest absolute Gasteiger partial charge is 0.494 e. The lowest BCUT2D eigenvalue weighted by atomic mass is 10.0. The van der Waals surface area contributed by atoms with E-state index in [9.17, 15) is 18.4 Å². The number of pyridine rings is 1. The van der Waals surface area contributed by atoms with Gasteiger partial charge in [-0.1, -0.05) is 11.6 Å². The monoisotopic (exact) mass is 445 g/mol. The number of carbonyl (C=O) groups is 2. The fourth-order valence-electron chi connectivity index (χ4n) is 2.95. The van der Waals surface area contributed by atoms with Gasteiger partial charge in [0.1, 0.15) is 23.0 Å². The summed E-state index contributed by atoms with van der Waals surface area (Å²) >= 11 is 5.86. The highest BCUT2D eigenvalue weighted by Crippen LogP contribution is 2.31. The molecular formula is C23H18ClF2NO4. The third-order valence-electron chi connectivity index (χ3n) is 4.61. The van der Waals surface area contributed by atoms with Crippen molar-refractivity contribution in [3.63, 3.8) is 0 Å². The molecule has 0 saturated heterocycles. The molecule has 0 fully saturated rings. The maximum atomic E-state index is 13.5. The Morgan fingerprint density at radius 1 is 0.871 bits per heavy atom. The third-order valence-corrected chi connectivity index (χ3v) is 4.90. The van der Waals surface area contributed by atoms with E-state index in [0.29, 0.717) is 17.0 Å². The van der Waals surface area contributed by atoms with Gasteiger partial charge in [-0.3, -0.25) is 9.59 Å². The van der Waals surface area contributed by atoms with E-state index >= 15 is 0 Å². The van der Waals surface area contributed by atoms with Crippen LogP contribution in [0.3, 0.4) is 0 Å². The zero-order valence-electron chi connectivity index (χ0n) is 16.7. The van der Waals surface area contributed by atoms with Gasteiger partial charge >= 0.3 is 0 Å². The first kappa shape index (κ1) is 22.4. The van der Waals surface area contributed by atoms with Gasteiger partial charge in [0, 0.05) is 24.0 Å². The quantitative estimate of drug-likeness (QED) is 0.426. The predicted octanol–water partition coefficient (Wildman–Crippen LogP) is 5.54. The number of halogens is 3. The fourth-order valence-corrected chi connectivity index (χ4v) is 3.13. The van der Waals surface area contributed by atoms with Gasteiger partial charge in [0.15, 0.2) is 23.1 Å². The van der Waals surface area contributed by atoms with Gasteiger partial charge in [-0.25, -0.2) is 13.8 Å². The number of ether oxygens (including phenoxy) is 2. The number of hydrogen-bond acceptors (Lipinski definition) is 5. The van der Waals surface area contributed by atoms with Crippen molar-refractivity contribution in [2.24, 2.45) is 0 Å². The summed E-state index contributed by atoms with van der Waals surface area (Å²) in [5, 5.41) is -0.0848. The number of benzene rings is 2. The number of aromatic nitrogens is 1. The lowest BCUT2D eigenvalue weighted by molar-refractivity contribution is 0.0915. The van der Waals surface area contributed by atoms with E-state index in [1.807, 2.05) is 0 Å². The zero-order valence-corrected chi connectivity index (χ0v) is 17.5. The highest BCUT2D eigenvalue weighted by molar-refractivity contribution is 6.31. The summed E-state index contributed by atoms with van der Waals surface area (Å²) in [5.41, 5.74) is 1.17. The van der Waals surface area contributed by atoms with Gasteiger partial charge in [-0.05, 0) is 48.5 Å². The Hall–Kier alpha value is -3.32. The molecule has 0 aliphatic rings. The molecule has 2 aromatic carbocycles. The highest BCUT2D eigenvalue weighted by Gasteiger charge is 2.17. The number of nitrogens with zero attached hydrogens (tertiary/aromatic N) is 1. The maximum Gasteiger partial charge on any atom is 0.181 e. The Bertz CT molecular complexity index is 1150. The normalized spacial score (nSPS) is 10.6. The second-order valence-corrected chi connectivity index (χ2v) is 6.98. The molecule has 0 aliphatic heterocycles. The van der Waals surface area contributed by atoms with E-state index in [2.05, 4.69) is 4.98 Å². The molecule has 0 bridgehead atoms. The fraction of sp³-hybridized carbons (Fsp3) is 0.174. The molecule has 160 valence electrons. The summed E-state index contributed by atoms with van der Waals surface area (Å²) in [6, 6.07) is 10.9. The lowest BCUT2D eigenvalue weighted by Crippen LogP contribution is -2.08. The molecule has 31 heavy (non-hydrogen) atoms. The molecule has 0 radical (unpaired) electrons. The van der Waals surface area contributed by atoms with Crippen molar-refractivity contribution >= 4 is 23.2 Å². The molecular weight excluding hydrogens is 428 g/mol. The maximum absolute atomic E-state index is 13.5. The molecule has 0 spiro atoms. The molecule has 1 heterocycles. The van der Waals surface area contributed by atoms with Crippen LogP contribution in [0, 0.1) is 11.6 Å². The second-order valence-electron chi connectivity index (χ2n) is 6.57. The zero-order chi connectivity index (χ0) is 22.5. The Kier molecular flexibility index (Phi) is 6.97. The van der Waals surface area contributed by atoms with Crippen molar-refractivity contribution in [3.8, 4) is 22.8 Å². The molecule has 0 amide bonds. The van der Waals surface area contributed by atoms with Crippen LogP contribution in [-0.2, 0) is 0 Å². The topological polar surface area (TPSA) is 65.5 Å². The number of ketones is 2. The summed E-state index contributed by atoms with van der Waals surface area (Å²) in [5.74, 6) is -1.51. The number of hydrogen-bond donors (Lipinski definition) is 0. The van der Waals surface area contributed by atoms with Crippen molar-refractivity contribution < 1.29 is 27.8 Å². The van der Waals surface area contributed by atoms with E-state index in [4.69, 9.17) is 21.1 Å². The second kappa shape index (κ2) is 9.66. The van der Waals surface area contributed by atoms with Gasteiger partial charge in [-0.15, -0.1) is 0 Å². The van der Waals surface area contributed by atoms with Crippen molar-refractivity contribution in [1.82, 2.24) is 4.98 Å². The minimum Gasteiger partial charge on any atom is -0.494 e. The SMILES string of the molecule is COc1cc(C(=O)CCC(=O)c2ccc(OC)c(-c3ccc(F)c(Cl)c3)n2)ccc1F. The van der Waals surface area contributed by atoms with Crippen LogP contribution in [0.4, 0.5) is 8.78 Å². The third kappa shape index (κ3) is 5.06. The van der Waals surface area contributed by atoms with Gasteiger partial charge < -0.3 is 9.47 Å². The standard InChI is InChI=1S/C23H18ClF2NO4/c1-30-21-10-7-18(27-23(21)14-4-5-16(25)15(24)11-14)20(29)9-8-19(28)13-3-6-17(26)22(12-13)31-2/h3-7,10-12H,8-9H2,1-2H3. The first-order valence-corrected chi connectivity index (χ1v) is 9.62. The molecule has 3 aromatic rings. The van der Waals surface area contributed by atoms with Crippen LogP contribution >= 0.6 is 11.6 Å². The van der Waals surface area contributed by atoms with E-state index < -0.39 is 11.6 Å². The number of Topliss-reactive ketones (excluding diaryl/α,β-unsaturated/α-hetero) is 2. The van der Waals surface area contributed by atoms with Crippen LogP contribution in [0.5, 0.6) is 11.5 Å². The molecule has 0 aliphatic carbocycles. The van der Waals surface area contributed by atoms with Gasteiger partial charge in [0.05, 0.1) is 19.2 Å². The molecule has 8 heteroatoms. The van der Waals surface area contributed by atoms with Crippen LogP contribution < -0.4 is 9.47 Å². The van der Waals surface area contributed by atoms with Crippen molar-refractivity contribution in [2.45, 2.75) is 12.8 Å². The summed E-state index contributed by atoms with van der Waals surface area (Å²) in [6.07, 6.45) is -0.180. The lowest BCUT2D eigenvalue weighted by Gasteiger charge is -2.10. The van der Waals surface area contributed by atoms with Crippen molar-refractivity contribution in [1.29, 1.82) is 0 Å². The number of rotatable bonds is 8. The summed E-state index contributed by atoms with van der Waals surface area (Å²) in [7, 11) is 2.75. The Morgan fingerprint density at radius 2 is 1.55 bits per heavy atom. The minimum atomic E-state index is -0.578.